The topological polar surface area (TPSA) is 58.9 Å². The van der Waals surface area contributed by atoms with Crippen molar-refractivity contribution in [2.24, 2.45) is 20.8 Å². The fourth-order valence-corrected chi connectivity index (χ4v) is 4.65. The third kappa shape index (κ3) is 2.95. The SMILES string of the molecule is CCCCC1(CC)C(N=C=O)C(CC)(CCCC)C1N=C=O. The standard InChI is InChI=1S/C18H30N2O2/c1-5-9-11-17(7-3)15(19-13-21)18(8-4,12-10-6-2)16(17)20-14-22/h15-16H,5-12H2,1-4H3. The maximum Gasteiger partial charge on any atom is 0.235 e. The summed E-state index contributed by atoms with van der Waals surface area (Å²) in [4.78, 5) is 30.5. The van der Waals surface area contributed by atoms with Gasteiger partial charge in [-0.05, 0) is 25.7 Å². The third-order valence-electron chi connectivity index (χ3n) is 5.85. The van der Waals surface area contributed by atoms with E-state index in [2.05, 4.69) is 37.7 Å². The Hall–Kier alpha value is -1.24. The Kier molecular flexibility index (Phi) is 7.19. The lowest BCUT2D eigenvalue weighted by Crippen LogP contribution is -2.70. The molecule has 124 valence electrons. The lowest BCUT2D eigenvalue weighted by molar-refractivity contribution is -0.116. The van der Waals surface area contributed by atoms with Crippen LogP contribution >= 0.6 is 0 Å². The molecule has 0 aromatic rings. The number of isocyanates is 2. The minimum absolute atomic E-state index is 0.0623. The van der Waals surface area contributed by atoms with Gasteiger partial charge in [-0.2, -0.15) is 0 Å². The smallest absolute Gasteiger partial charge is 0.211 e. The van der Waals surface area contributed by atoms with Gasteiger partial charge in [-0.15, -0.1) is 0 Å². The van der Waals surface area contributed by atoms with Crippen LogP contribution in [0.25, 0.3) is 0 Å². The predicted octanol–water partition coefficient (Wildman–Crippen LogP) is 4.58. The van der Waals surface area contributed by atoms with Crippen LogP contribution in [0.3, 0.4) is 0 Å². The van der Waals surface area contributed by atoms with E-state index in [9.17, 15) is 9.59 Å². The van der Waals surface area contributed by atoms with Gasteiger partial charge in [0.15, 0.2) is 0 Å². The molecule has 0 aliphatic heterocycles. The van der Waals surface area contributed by atoms with E-state index < -0.39 is 0 Å². The summed E-state index contributed by atoms with van der Waals surface area (Å²) in [7, 11) is 0. The van der Waals surface area contributed by atoms with Crippen LogP contribution in [-0.4, -0.2) is 24.2 Å². The number of unbranched alkanes of at least 4 members (excludes halogenated alkanes) is 2. The second-order valence-corrected chi connectivity index (χ2v) is 6.63. The monoisotopic (exact) mass is 306 g/mol. The van der Waals surface area contributed by atoms with E-state index in [1.165, 1.54) is 0 Å². The fourth-order valence-electron chi connectivity index (χ4n) is 4.65. The normalized spacial score (nSPS) is 33.5. The molecule has 1 aliphatic carbocycles. The highest BCUT2D eigenvalue weighted by Crippen LogP contribution is 2.65. The van der Waals surface area contributed by atoms with E-state index in [0.717, 1.165) is 51.4 Å². The molecule has 22 heavy (non-hydrogen) atoms. The largest absolute Gasteiger partial charge is 0.235 e. The summed E-state index contributed by atoms with van der Waals surface area (Å²) in [5, 5.41) is 0. The molecule has 0 aromatic heterocycles. The van der Waals surface area contributed by atoms with Crippen LogP contribution in [0.15, 0.2) is 9.98 Å². The quantitative estimate of drug-likeness (QED) is 0.438. The third-order valence-corrected chi connectivity index (χ3v) is 5.85. The minimum atomic E-state index is -0.172. The average Bonchev–Trinajstić information content (AvgIpc) is 2.55. The fraction of sp³-hybridized carbons (Fsp3) is 0.889. The molecule has 0 unspecified atom stereocenters. The molecule has 0 bridgehead atoms. The Morgan fingerprint density at radius 1 is 0.773 bits per heavy atom. The molecular formula is C18H30N2O2. The summed E-state index contributed by atoms with van der Waals surface area (Å²) >= 11 is 0. The summed E-state index contributed by atoms with van der Waals surface area (Å²) in [6, 6.07) is -0.125. The molecule has 0 spiro atoms. The van der Waals surface area contributed by atoms with Crippen molar-refractivity contribution in [3.8, 4) is 0 Å². The lowest BCUT2D eigenvalue weighted by atomic mass is 9.41. The summed E-state index contributed by atoms with van der Waals surface area (Å²) in [6.07, 6.45) is 11.6. The van der Waals surface area contributed by atoms with Gasteiger partial charge in [0.05, 0.1) is 12.1 Å². The molecular weight excluding hydrogens is 276 g/mol. The second-order valence-electron chi connectivity index (χ2n) is 6.63. The summed E-state index contributed by atoms with van der Waals surface area (Å²) in [5.74, 6) is 0. The van der Waals surface area contributed by atoms with E-state index in [1.54, 1.807) is 12.2 Å². The van der Waals surface area contributed by atoms with E-state index in [4.69, 9.17) is 0 Å². The van der Waals surface area contributed by atoms with E-state index >= 15 is 0 Å². The van der Waals surface area contributed by atoms with Crippen molar-refractivity contribution in [1.82, 2.24) is 0 Å². The van der Waals surface area contributed by atoms with E-state index in [0.29, 0.717) is 0 Å². The average molecular weight is 306 g/mol. The molecule has 4 nitrogen and oxygen atoms in total. The van der Waals surface area contributed by atoms with Crippen molar-refractivity contribution < 1.29 is 9.59 Å². The van der Waals surface area contributed by atoms with Crippen LogP contribution in [0.1, 0.15) is 79.1 Å². The lowest BCUT2D eigenvalue weighted by Gasteiger charge is -2.65. The molecule has 0 N–H and O–H groups in total. The summed E-state index contributed by atoms with van der Waals surface area (Å²) in [6.45, 7) is 8.55. The summed E-state index contributed by atoms with van der Waals surface area (Å²) < 4.78 is 0. The molecule has 1 rings (SSSR count). The van der Waals surface area contributed by atoms with Crippen LogP contribution in [-0.2, 0) is 9.59 Å². The van der Waals surface area contributed by atoms with Gasteiger partial charge >= 0.3 is 0 Å². The Morgan fingerprint density at radius 2 is 1.14 bits per heavy atom. The van der Waals surface area contributed by atoms with Crippen molar-refractivity contribution in [2.75, 3.05) is 0 Å². The highest BCUT2D eigenvalue weighted by atomic mass is 16.1. The van der Waals surface area contributed by atoms with Crippen LogP contribution in [0.4, 0.5) is 0 Å². The minimum Gasteiger partial charge on any atom is -0.211 e. The predicted molar refractivity (Wildman–Crippen MR) is 88.3 cm³/mol. The van der Waals surface area contributed by atoms with Gasteiger partial charge in [0.2, 0.25) is 12.2 Å². The molecule has 0 amide bonds. The molecule has 1 saturated carbocycles. The van der Waals surface area contributed by atoms with Crippen LogP contribution in [0.2, 0.25) is 0 Å². The molecule has 0 heterocycles. The Balaban J connectivity index is 3.30. The van der Waals surface area contributed by atoms with Gasteiger partial charge < -0.3 is 0 Å². The first-order valence-corrected chi connectivity index (χ1v) is 8.77. The molecule has 0 saturated heterocycles. The molecule has 4 heteroatoms. The van der Waals surface area contributed by atoms with Crippen molar-refractivity contribution >= 4 is 12.2 Å². The number of hydrogen-bond acceptors (Lipinski definition) is 4. The first-order valence-electron chi connectivity index (χ1n) is 8.77. The second kappa shape index (κ2) is 8.41. The molecule has 1 aliphatic rings. The van der Waals surface area contributed by atoms with Crippen molar-refractivity contribution in [3.63, 3.8) is 0 Å². The van der Waals surface area contributed by atoms with Gasteiger partial charge in [-0.1, -0.05) is 53.4 Å². The van der Waals surface area contributed by atoms with Gasteiger partial charge in [-0.3, -0.25) is 0 Å². The zero-order valence-corrected chi connectivity index (χ0v) is 14.5. The van der Waals surface area contributed by atoms with Gasteiger partial charge in [0, 0.05) is 10.8 Å². The number of hydrogen-bond donors (Lipinski definition) is 0. The Morgan fingerprint density at radius 3 is 1.36 bits per heavy atom. The first-order chi connectivity index (χ1) is 10.6. The van der Waals surface area contributed by atoms with Gasteiger partial charge in [0.25, 0.3) is 0 Å². The number of nitrogens with zero attached hydrogens (tertiary/aromatic N) is 2. The zero-order chi connectivity index (χ0) is 16.6. The Labute approximate surface area is 134 Å². The number of aliphatic imine (C=N–C) groups is 2. The molecule has 1 fully saturated rings. The maximum absolute atomic E-state index is 11.0. The highest BCUT2D eigenvalue weighted by molar-refractivity contribution is 5.41. The molecule has 0 aromatic carbocycles. The van der Waals surface area contributed by atoms with Crippen molar-refractivity contribution in [3.05, 3.63) is 0 Å². The molecule has 0 radical (unpaired) electrons. The van der Waals surface area contributed by atoms with Crippen molar-refractivity contribution in [1.29, 1.82) is 0 Å². The molecule has 0 atom stereocenters. The van der Waals surface area contributed by atoms with E-state index in [1.807, 2.05) is 0 Å². The van der Waals surface area contributed by atoms with Crippen LogP contribution in [0, 0.1) is 10.8 Å². The number of carbonyl (C=O) groups excluding carboxylic acids is 2. The van der Waals surface area contributed by atoms with Gasteiger partial charge in [-0.25, -0.2) is 19.6 Å². The van der Waals surface area contributed by atoms with E-state index in [-0.39, 0.29) is 22.9 Å². The maximum atomic E-state index is 11.0. The van der Waals surface area contributed by atoms with Crippen LogP contribution in [0.5, 0.6) is 0 Å². The summed E-state index contributed by atoms with van der Waals surface area (Å²) in [5.41, 5.74) is -0.344. The van der Waals surface area contributed by atoms with Crippen LogP contribution < -0.4 is 0 Å². The first kappa shape index (κ1) is 18.8. The van der Waals surface area contributed by atoms with Crippen molar-refractivity contribution in [2.45, 2.75) is 91.1 Å². The zero-order valence-electron chi connectivity index (χ0n) is 14.5. The Bertz CT molecular complexity index is 398. The van der Waals surface area contributed by atoms with Gasteiger partial charge in [0.1, 0.15) is 0 Å². The number of rotatable bonds is 10. The highest BCUT2D eigenvalue weighted by Gasteiger charge is 2.69.